The zero-order valence-corrected chi connectivity index (χ0v) is 20.9. The van der Waals surface area contributed by atoms with Crippen LogP contribution in [0.4, 0.5) is 10.1 Å². The summed E-state index contributed by atoms with van der Waals surface area (Å²) in [5, 5.41) is 28.5. The molecule has 1 unspecified atom stereocenters. The molecule has 1 aliphatic rings. The van der Waals surface area contributed by atoms with Gasteiger partial charge in [-0.05, 0) is 51.0 Å². The van der Waals surface area contributed by atoms with Crippen molar-refractivity contribution < 1.29 is 22.7 Å². The number of aromatic nitrogens is 3. The van der Waals surface area contributed by atoms with Crippen LogP contribution >= 0.6 is 0 Å². The number of amides is 1. The summed E-state index contributed by atoms with van der Waals surface area (Å²) in [6.07, 6.45) is 3.12. The molecule has 4 rings (SSSR count). The van der Waals surface area contributed by atoms with Crippen molar-refractivity contribution in [1.29, 1.82) is 5.26 Å². The van der Waals surface area contributed by atoms with E-state index in [0.29, 0.717) is 41.0 Å². The van der Waals surface area contributed by atoms with E-state index in [1.165, 1.54) is 32.5 Å². The first-order chi connectivity index (χ1) is 16.9. The Hall–Kier alpha value is -3.56. The molecule has 1 saturated carbocycles. The lowest BCUT2D eigenvalue weighted by molar-refractivity contribution is -0.00177. The van der Waals surface area contributed by atoms with E-state index in [1.54, 1.807) is 28.8 Å². The molecule has 0 radical (unpaired) electrons. The molecule has 12 heteroatoms. The van der Waals surface area contributed by atoms with Crippen molar-refractivity contribution in [1.82, 2.24) is 19.9 Å². The molecule has 190 valence electrons. The first-order valence-electron chi connectivity index (χ1n) is 11.3. The molecule has 1 fully saturated rings. The Morgan fingerprint density at radius 2 is 2.06 bits per heavy atom. The van der Waals surface area contributed by atoms with Crippen LogP contribution in [0.2, 0.25) is 0 Å². The normalized spacial score (nSPS) is 18.8. The van der Waals surface area contributed by atoms with E-state index in [-0.39, 0.29) is 11.6 Å². The van der Waals surface area contributed by atoms with Crippen LogP contribution in [0.3, 0.4) is 0 Å². The predicted octanol–water partition coefficient (Wildman–Crippen LogP) is 2.09. The lowest BCUT2D eigenvalue weighted by Gasteiger charge is -2.35. The summed E-state index contributed by atoms with van der Waals surface area (Å²) in [5.41, 5.74) is 1.18. The van der Waals surface area contributed by atoms with Gasteiger partial charge in [0.25, 0.3) is 5.91 Å². The third kappa shape index (κ3) is 5.32. The molecule has 10 nitrogen and oxygen atoms in total. The molecule has 0 aliphatic heterocycles. The van der Waals surface area contributed by atoms with Crippen LogP contribution < -0.4 is 10.6 Å². The molecule has 1 amide bonds. The van der Waals surface area contributed by atoms with Crippen molar-refractivity contribution in [3.05, 3.63) is 47.8 Å². The molecular formula is C24H27FN6O4S. The number of sulfone groups is 1. The fourth-order valence-electron chi connectivity index (χ4n) is 3.93. The van der Waals surface area contributed by atoms with Crippen LogP contribution in [0.1, 0.15) is 42.6 Å². The van der Waals surface area contributed by atoms with Crippen molar-refractivity contribution in [2.75, 3.05) is 18.1 Å². The summed E-state index contributed by atoms with van der Waals surface area (Å²) >= 11 is 0. The molecule has 3 aromatic heterocycles. The summed E-state index contributed by atoms with van der Waals surface area (Å²) < 4.78 is 39.4. The standard InChI is InChI=1S/C24H27FN6O4S/c1-24(2,33)22(25)13-28-23(32)18-12-27-20(9-19(18)30-15-7-17(8-15)36(3,34)35)21-5-4-16-6-14(10-26)11-29-31(16)21/h4-6,9,11-12,15,17,22,33H,7-8,13H2,1-3H3,(H,27,30)(H,28,32). The van der Waals surface area contributed by atoms with Crippen LogP contribution in [-0.4, -0.2) is 69.9 Å². The average Bonchev–Trinajstić information content (AvgIpc) is 3.20. The van der Waals surface area contributed by atoms with Crippen molar-refractivity contribution in [2.24, 2.45) is 0 Å². The first kappa shape index (κ1) is 25.5. The highest BCUT2D eigenvalue weighted by Gasteiger charge is 2.37. The van der Waals surface area contributed by atoms with Gasteiger partial charge in [0.2, 0.25) is 0 Å². The monoisotopic (exact) mass is 514 g/mol. The van der Waals surface area contributed by atoms with Gasteiger partial charge in [-0.25, -0.2) is 17.3 Å². The van der Waals surface area contributed by atoms with Crippen molar-refractivity contribution in [3.8, 4) is 17.5 Å². The quantitative estimate of drug-likeness (QED) is 0.414. The van der Waals surface area contributed by atoms with Crippen molar-refractivity contribution in [2.45, 2.75) is 49.8 Å². The number of nitrogens with zero attached hydrogens (tertiary/aromatic N) is 4. The zero-order chi connectivity index (χ0) is 26.3. The number of anilines is 1. The molecule has 1 atom stereocenters. The molecule has 0 aromatic carbocycles. The smallest absolute Gasteiger partial charge is 0.255 e. The highest BCUT2D eigenvalue weighted by molar-refractivity contribution is 7.91. The zero-order valence-electron chi connectivity index (χ0n) is 20.1. The lowest BCUT2D eigenvalue weighted by atomic mass is 9.91. The van der Waals surface area contributed by atoms with E-state index >= 15 is 0 Å². The molecule has 3 heterocycles. The first-order valence-corrected chi connectivity index (χ1v) is 13.3. The highest BCUT2D eigenvalue weighted by atomic mass is 32.2. The number of pyridine rings is 1. The van der Waals surface area contributed by atoms with Gasteiger partial charge in [0, 0.05) is 18.5 Å². The van der Waals surface area contributed by atoms with Crippen molar-refractivity contribution >= 4 is 26.9 Å². The van der Waals surface area contributed by atoms with Gasteiger partial charge in [-0.1, -0.05) is 0 Å². The Morgan fingerprint density at radius 3 is 2.69 bits per heavy atom. The van der Waals surface area contributed by atoms with Gasteiger partial charge in [-0.3, -0.25) is 9.78 Å². The Bertz CT molecular complexity index is 1450. The molecular weight excluding hydrogens is 487 g/mol. The topological polar surface area (TPSA) is 149 Å². The Morgan fingerprint density at radius 1 is 1.33 bits per heavy atom. The molecule has 1 aliphatic carbocycles. The largest absolute Gasteiger partial charge is 0.387 e. The second-order valence-electron chi connectivity index (χ2n) is 9.62. The SMILES string of the molecule is CC(C)(O)C(F)CNC(=O)c1cnc(-c2ccc3cc(C#N)cnn23)cc1NC1CC(S(C)(=O)=O)C1. The van der Waals surface area contributed by atoms with E-state index in [4.69, 9.17) is 5.26 Å². The fraction of sp³-hybridized carbons (Fsp3) is 0.417. The minimum Gasteiger partial charge on any atom is -0.387 e. The number of hydrogen-bond acceptors (Lipinski definition) is 8. The second kappa shape index (κ2) is 9.48. The third-order valence-corrected chi connectivity index (χ3v) is 7.90. The molecule has 36 heavy (non-hydrogen) atoms. The number of carbonyl (C=O) groups is 1. The maximum atomic E-state index is 14.2. The van der Waals surface area contributed by atoms with E-state index in [0.717, 1.165) is 0 Å². The number of carbonyl (C=O) groups excluding carboxylic acids is 1. The number of fused-ring (bicyclic) bond motifs is 1. The second-order valence-corrected chi connectivity index (χ2v) is 11.9. The lowest BCUT2D eigenvalue weighted by Crippen LogP contribution is -2.44. The van der Waals surface area contributed by atoms with Crippen LogP contribution in [0.25, 0.3) is 16.9 Å². The maximum Gasteiger partial charge on any atom is 0.255 e. The summed E-state index contributed by atoms with van der Waals surface area (Å²) in [7, 11) is -3.16. The number of alkyl halides is 1. The minimum atomic E-state index is -3.16. The van der Waals surface area contributed by atoms with Gasteiger partial charge in [-0.2, -0.15) is 10.4 Å². The Balaban J connectivity index is 1.64. The summed E-state index contributed by atoms with van der Waals surface area (Å²) in [5.74, 6) is -0.584. The summed E-state index contributed by atoms with van der Waals surface area (Å²) in [6.45, 7) is 2.24. The van der Waals surface area contributed by atoms with Gasteiger partial charge in [-0.15, -0.1) is 0 Å². The fourth-order valence-corrected chi connectivity index (χ4v) is 5.09. The number of halogens is 1. The van der Waals surface area contributed by atoms with E-state index in [2.05, 4.69) is 20.7 Å². The van der Waals surface area contributed by atoms with E-state index in [1.807, 2.05) is 6.07 Å². The number of hydrogen-bond donors (Lipinski definition) is 3. The van der Waals surface area contributed by atoms with E-state index < -0.39 is 39.3 Å². The summed E-state index contributed by atoms with van der Waals surface area (Å²) in [6, 6.07) is 8.80. The Labute approximate surface area is 208 Å². The molecule has 0 bridgehead atoms. The maximum absolute atomic E-state index is 14.2. The molecule has 3 aromatic rings. The number of nitriles is 1. The predicted molar refractivity (Wildman–Crippen MR) is 132 cm³/mol. The highest BCUT2D eigenvalue weighted by Crippen LogP contribution is 2.32. The van der Waals surface area contributed by atoms with Crippen LogP contribution in [-0.2, 0) is 9.84 Å². The molecule has 0 saturated heterocycles. The third-order valence-electron chi connectivity index (χ3n) is 6.31. The van der Waals surface area contributed by atoms with E-state index in [9.17, 15) is 22.7 Å². The van der Waals surface area contributed by atoms with Crippen LogP contribution in [0.15, 0.2) is 36.7 Å². The summed E-state index contributed by atoms with van der Waals surface area (Å²) in [4.78, 5) is 17.3. The minimum absolute atomic E-state index is 0.157. The molecule has 0 spiro atoms. The number of rotatable bonds is 8. The van der Waals surface area contributed by atoms with Gasteiger partial charge >= 0.3 is 0 Å². The van der Waals surface area contributed by atoms with Gasteiger partial charge in [0.1, 0.15) is 22.1 Å². The van der Waals surface area contributed by atoms with Gasteiger partial charge < -0.3 is 15.7 Å². The van der Waals surface area contributed by atoms with Crippen molar-refractivity contribution in [3.63, 3.8) is 0 Å². The van der Waals surface area contributed by atoms with Gasteiger partial charge in [0.15, 0.2) is 0 Å². The Kier molecular flexibility index (Phi) is 6.72. The van der Waals surface area contributed by atoms with Gasteiger partial charge in [0.05, 0.1) is 57.3 Å². The van der Waals surface area contributed by atoms with Crippen LogP contribution in [0.5, 0.6) is 0 Å². The van der Waals surface area contributed by atoms with Crippen LogP contribution in [0, 0.1) is 11.3 Å². The number of nitrogens with one attached hydrogen (secondary N) is 2. The average molecular weight is 515 g/mol. The number of aliphatic hydroxyl groups is 1. The molecule has 3 N–H and O–H groups in total.